The highest BCUT2D eigenvalue weighted by Gasteiger charge is 2.38. The number of hydrogen-bond acceptors (Lipinski definition) is 4. The molecule has 2 heterocycles. The number of carbonyl (C=O) groups excluding carboxylic acids is 1. The first-order valence-electron chi connectivity index (χ1n) is 4.86. The van der Waals surface area contributed by atoms with E-state index in [1.807, 2.05) is 13.0 Å². The van der Waals surface area contributed by atoms with Crippen molar-refractivity contribution in [3.63, 3.8) is 0 Å². The molecule has 1 saturated heterocycles. The van der Waals surface area contributed by atoms with Gasteiger partial charge in [-0.2, -0.15) is 0 Å². The highest BCUT2D eigenvalue weighted by atomic mass is 16.8. The van der Waals surface area contributed by atoms with Crippen LogP contribution in [0.3, 0.4) is 0 Å². The molecule has 78 valence electrons. The summed E-state index contributed by atoms with van der Waals surface area (Å²) in [4.78, 5) is 11.2. The minimum absolute atomic E-state index is 0.0260. The van der Waals surface area contributed by atoms with Crippen molar-refractivity contribution in [2.24, 2.45) is 0 Å². The summed E-state index contributed by atoms with van der Waals surface area (Å²) >= 11 is 0. The summed E-state index contributed by atoms with van der Waals surface area (Å²) in [5, 5.41) is 9.38. The van der Waals surface area contributed by atoms with Crippen LogP contribution >= 0.6 is 0 Å². The Balaban J connectivity index is 2.02. The van der Waals surface area contributed by atoms with Crippen molar-refractivity contribution in [2.45, 2.75) is 44.2 Å². The molecule has 0 aromatic carbocycles. The van der Waals surface area contributed by atoms with Gasteiger partial charge in [0.2, 0.25) is 0 Å². The number of fused-ring (bicyclic) bond motifs is 1. The van der Waals surface area contributed by atoms with E-state index in [1.165, 1.54) is 0 Å². The lowest BCUT2D eigenvalue weighted by Gasteiger charge is -2.13. The van der Waals surface area contributed by atoms with Crippen molar-refractivity contribution in [1.82, 2.24) is 0 Å². The second-order valence-corrected chi connectivity index (χ2v) is 3.83. The number of aliphatic hydroxyl groups excluding tert-OH is 1. The summed E-state index contributed by atoms with van der Waals surface area (Å²) in [6, 6.07) is 0. The molecule has 4 heteroatoms. The number of ether oxygens (including phenoxy) is 2. The molecule has 0 spiro atoms. The van der Waals surface area contributed by atoms with Crippen LogP contribution in [0.4, 0.5) is 0 Å². The number of hydrogen-bond donors (Lipinski definition) is 1. The number of rotatable bonds is 0. The van der Waals surface area contributed by atoms with Crippen LogP contribution in [-0.4, -0.2) is 35.5 Å². The van der Waals surface area contributed by atoms with E-state index in [1.54, 1.807) is 6.08 Å². The van der Waals surface area contributed by atoms with Crippen LogP contribution in [0.5, 0.6) is 0 Å². The van der Waals surface area contributed by atoms with E-state index in [-0.39, 0.29) is 30.7 Å². The van der Waals surface area contributed by atoms with Crippen molar-refractivity contribution in [2.75, 3.05) is 0 Å². The van der Waals surface area contributed by atoms with E-state index in [4.69, 9.17) is 9.47 Å². The molecule has 2 rings (SSSR count). The molecule has 1 fully saturated rings. The van der Waals surface area contributed by atoms with E-state index < -0.39 is 6.10 Å². The zero-order chi connectivity index (χ0) is 10.1. The Labute approximate surface area is 82.5 Å². The van der Waals surface area contributed by atoms with Gasteiger partial charge in [-0.1, -0.05) is 12.2 Å². The third kappa shape index (κ3) is 2.33. The van der Waals surface area contributed by atoms with E-state index in [0.717, 1.165) is 6.42 Å². The van der Waals surface area contributed by atoms with Gasteiger partial charge >= 0.3 is 5.97 Å². The molecule has 0 aliphatic carbocycles. The Kier molecular flexibility index (Phi) is 2.56. The summed E-state index contributed by atoms with van der Waals surface area (Å²) in [5.74, 6) is -0.353. The fourth-order valence-electron chi connectivity index (χ4n) is 1.64. The van der Waals surface area contributed by atoms with Crippen LogP contribution in [-0.2, 0) is 14.3 Å². The maximum Gasteiger partial charge on any atom is 0.309 e. The smallest absolute Gasteiger partial charge is 0.309 e. The van der Waals surface area contributed by atoms with Gasteiger partial charge in [0, 0.05) is 6.42 Å². The van der Waals surface area contributed by atoms with Gasteiger partial charge in [-0.25, -0.2) is 0 Å². The van der Waals surface area contributed by atoms with Gasteiger partial charge in [0.25, 0.3) is 0 Å². The highest BCUT2D eigenvalue weighted by Crippen LogP contribution is 2.29. The number of carbonyl (C=O) groups is 1. The molecular formula is C10H14O4. The lowest BCUT2D eigenvalue weighted by molar-refractivity contribution is -0.150. The molecule has 0 saturated carbocycles. The molecule has 0 aromatic heterocycles. The Hall–Kier alpha value is -0.870. The van der Waals surface area contributed by atoms with Gasteiger partial charge in [-0.3, -0.25) is 4.79 Å². The van der Waals surface area contributed by atoms with E-state index >= 15 is 0 Å². The molecule has 1 N–H and O–H groups in total. The van der Waals surface area contributed by atoms with Gasteiger partial charge in [-0.05, 0) is 6.92 Å². The molecule has 0 aromatic rings. The second kappa shape index (κ2) is 3.71. The zero-order valence-corrected chi connectivity index (χ0v) is 8.05. The van der Waals surface area contributed by atoms with Crippen molar-refractivity contribution < 1.29 is 19.4 Å². The maximum absolute atomic E-state index is 11.2. The summed E-state index contributed by atoms with van der Waals surface area (Å²) in [5.41, 5.74) is 0. The van der Waals surface area contributed by atoms with Crippen molar-refractivity contribution in [3.8, 4) is 0 Å². The molecular weight excluding hydrogens is 194 g/mol. The Morgan fingerprint density at radius 1 is 1.50 bits per heavy atom. The quantitative estimate of drug-likeness (QED) is 0.271. The van der Waals surface area contributed by atoms with Gasteiger partial charge < -0.3 is 14.6 Å². The molecule has 2 aliphatic rings. The average molecular weight is 208 g/mol. The zero-order valence-electron chi connectivity index (χ0n) is 8.05. The summed E-state index contributed by atoms with van der Waals surface area (Å²) in [6.07, 6.45) is 3.55. The first-order valence-corrected chi connectivity index (χ1v) is 4.86. The van der Waals surface area contributed by atoms with Crippen LogP contribution in [0, 0.1) is 0 Å². The largest absolute Gasteiger partial charge is 0.462 e. The fraction of sp³-hybridized carbons (Fsp3) is 0.700. The minimum Gasteiger partial charge on any atom is -0.462 e. The predicted molar refractivity (Wildman–Crippen MR) is 48.6 cm³/mol. The van der Waals surface area contributed by atoms with Crippen LogP contribution < -0.4 is 0 Å². The minimum atomic E-state index is -0.752. The first kappa shape index (κ1) is 9.68. The van der Waals surface area contributed by atoms with Crippen LogP contribution in [0.1, 0.15) is 19.8 Å². The van der Waals surface area contributed by atoms with Crippen molar-refractivity contribution in [1.29, 1.82) is 0 Å². The normalized spacial score (nSPS) is 44.9. The first-order chi connectivity index (χ1) is 6.65. The standard InChI is InChI=1S/C10H14O4/c1-6-4-9-8(14-9)3-2-7(11)5-10(12)13-6/h2-3,6-9,11H,4-5H2,1H3/b3-2+/t6-,7-,8-,9+/m1/s1/i1+1,2+1,3+1,4+1,5+1,6+1,7+1,8+1,9+1,10+1. The maximum atomic E-state index is 11.2. The van der Waals surface area contributed by atoms with E-state index in [9.17, 15) is 9.90 Å². The number of epoxide rings is 1. The molecule has 14 heavy (non-hydrogen) atoms. The molecule has 0 amide bonds. The third-order valence-corrected chi connectivity index (χ3v) is 2.42. The highest BCUT2D eigenvalue weighted by molar-refractivity contribution is 5.70. The van der Waals surface area contributed by atoms with Crippen molar-refractivity contribution in [3.05, 3.63) is 12.2 Å². The van der Waals surface area contributed by atoms with Gasteiger partial charge in [0.15, 0.2) is 0 Å². The van der Waals surface area contributed by atoms with Crippen molar-refractivity contribution >= 4 is 5.97 Å². The topological polar surface area (TPSA) is 59.1 Å². The lowest BCUT2D eigenvalue weighted by Crippen LogP contribution is -2.21. The molecule has 0 radical (unpaired) electrons. The third-order valence-electron chi connectivity index (χ3n) is 2.42. The van der Waals surface area contributed by atoms with Crippen LogP contribution in [0.15, 0.2) is 12.2 Å². The molecule has 0 bridgehead atoms. The monoisotopic (exact) mass is 208 g/mol. The number of aliphatic hydroxyl groups is 1. The number of cyclic esters (lactones) is 1. The Morgan fingerprint density at radius 2 is 2.29 bits per heavy atom. The number of esters is 1. The van der Waals surface area contributed by atoms with E-state index in [2.05, 4.69) is 0 Å². The molecule has 4 nitrogen and oxygen atoms in total. The van der Waals surface area contributed by atoms with Gasteiger partial charge in [-0.15, -0.1) is 0 Å². The van der Waals surface area contributed by atoms with Crippen LogP contribution in [0.25, 0.3) is 0 Å². The van der Waals surface area contributed by atoms with Crippen LogP contribution in [0.2, 0.25) is 0 Å². The Bertz CT molecular complexity index is 261. The summed E-state index contributed by atoms with van der Waals surface area (Å²) in [6.45, 7) is 1.84. The van der Waals surface area contributed by atoms with Gasteiger partial charge in [0.05, 0.1) is 18.6 Å². The average Bonchev–Trinajstić information content (AvgIpc) is 2.78. The SMILES string of the molecule is [13CH3][13C@@H]1[13CH2][13C@@H]2O[13C@@H]2/[13CH]=[13CH]/[13C@@H](O)[13CH2][13C](=O)O1. The predicted octanol–water partition coefficient (Wildman–Crippen LogP) is 0.396. The van der Waals surface area contributed by atoms with Gasteiger partial charge in [0.1, 0.15) is 12.2 Å². The summed E-state index contributed by atoms with van der Waals surface area (Å²) < 4.78 is 10.4. The molecule has 4 atom stereocenters. The summed E-state index contributed by atoms with van der Waals surface area (Å²) in [7, 11) is 0. The second-order valence-electron chi connectivity index (χ2n) is 3.83. The Morgan fingerprint density at radius 3 is 3.07 bits per heavy atom. The molecule has 2 aliphatic heterocycles. The van der Waals surface area contributed by atoms with E-state index in [0.29, 0.717) is 0 Å². The lowest BCUT2D eigenvalue weighted by atomic mass is 11.1. The molecule has 0 unspecified atom stereocenters. The fourth-order valence-corrected chi connectivity index (χ4v) is 1.64.